The highest BCUT2D eigenvalue weighted by atomic mass is 16.5. The summed E-state index contributed by atoms with van der Waals surface area (Å²) in [5.74, 6) is 0.980. The second-order valence-corrected chi connectivity index (χ2v) is 3.98. The van der Waals surface area contributed by atoms with E-state index in [9.17, 15) is 5.11 Å². The fourth-order valence-electron chi connectivity index (χ4n) is 1.71. The zero-order valence-corrected chi connectivity index (χ0v) is 8.29. The van der Waals surface area contributed by atoms with Crippen LogP contribution in [0.2, 0.25) is 0 Å². The van der Waals surface area contributed by atoms with Gasteiger partial charge in [0.2, 0.25) is 0 Å². The van der Waals surface area contributed by atoms with Gasteiger partial charge in [-0.3, -0.25) is 0 Å². The molecule has 0 amide bonds. The Hall–Kier alpha value is -1.22. The number of phenolic OH excluding ortho intramolecular Hbond substituents is 1. The fraction of sp³-hybridized carbons (Fsp3) is 0.455. The molecule has 1 aromatic carbocycles. The molecule has 1 aromatic rings. The first kappa shape index (κ1) is 9.34. The molecule has 2 rings (SSSR count). The maximum atomic E-state index is 9.28. The molecule has 0 aliphatic carbocycles. The van der Waals surface area contributed by atoms with Crippen LogP contribution in [0.15, 0.2) is 24.3 Å². The molecule has 1 atom stereocenters. The Balaban J connectivity index is 2.10. The van der Waals surface area contributed by atoms with E-state index in [1.165, 1.54) is 0 Å². The van der Waals surface area contributed by atoms with E-state index in [4.69, 9.17) is 4.74 Å². The van der Waals surface area contributed by atoms with Gasteiger partial charge in [0.1, 0.15) is 17.1 Å². The van der Waals surface area contributed by atoms with E-state index in [1.54, 1.807) is 18.2 Å². The number of rotatable bonds is 2. The summed E-state index contributed by atoms with van der Waals surface area (Å²) in [5, 5.41) is 12.5. The normalized spacial score (nSPS) is 26.4. The highest BCUT2D eigenvalue weighted by Gasteiger charge is 2.30. The van der Waals surface area contributed by atoms with Crippen molar-refractivity contribution in [1.29, 1.82) is 0 Å². The van der Waals surface area contributed by atoms with E-state index in [0.29, 0.717) is 0 Å². The third kappa shape index (κ3) is 1.99. The molecule has 0 radical (unpaired) electrons. The second kappa shape index (κ2) is 3.50. The predicted molar refractivity (Wildman–Crippen MR) is 54.6 cm³/mol. The van der Waals surface area contributed by atoms with Crippen LogP contribution in [0.1, 0.15) is 13.3 Å². The maximum Gasteiger partial charge on any atom is 0.123 e. The number of phenols is 1. The van der Waals surface area contributed by atoms with Gasteiger partial charge in [-0.05, 0) is 25.6 Å². The van der Waals surface area contributed by atoms with Crippen LogP contribution in [-0.4, -0.2) is 23.8 Å². The molecule has 1 saturated heterocycles. The third-order valence-electron chi connectivity index (χ3n) is 2.51. The van der Waals surface area contributed by atoms with E-state index >= 15 is 0 Å². The fourth-order valence-corrected chi connectivity index (χ4v) is 1.71. The van der Waals surface area contributed by atoms with Crippen molar-refractivity contribution in [2.24, 2.45) is 0 Å². The van der Waals surface area contributed by atoms with Crippen molar-refractivity contribution < 1.29 is 9.84 Å². The predicted octanol–water partition coefficient (Wildman–Crippen LogP) is 1.52. The van der Waals surface area contributed by atoms with Gasteiger partial charge in [0, 0.05) is 19.0 Å². The minimum atomic E-state index is -0.131. The maximum absolute atomic E-state index is 9.28. The summed E-state index contributed by atoms with van der Waals surface area (Å²) < 4.78 is 5.82. The van der Waals surface area contributed by atoms with Crippen LogP contribution in [-0.2, 0) is 0 Å². The standard InChI is InChI=1S/C11H15NO2/c1-11(5-6-12-8-11)14-10-4-2-3-9(13)7-10/h2-4,7,12-13H,5-6,8H2,1H3. The van der Waals surface area contributed by atoms with E-state index < -0.39 is 0 Å². The van der Waals surface area contributed by atoms with Crippen molar-refractivity contribution in [3.63, 3.8) is 0 Å². The van der Waals surface area contributed by atoms with Crippen molar-refractivity contribution in [2.45, 2.75) is 18.9 Å². The average Bonchev–Trinajstić information content (AvgIpc) is 2.51. The van der Waals surface area contributed by atoms with Crippen LogP contribution in [0.5, 0.6) is 11.5 Å². The smallest absolute Gasteiger partial charge is 0.123 e. The lowest BCUT2D eigenvalue weighted by atomic mass is 10.1. The number of hydrogen-bond donors (Lipinski definition) is 2. The number of nitrogens with one attached hydrogen (secondary N) is 1. The lowest BCUT2D eigenvalue weighted by molar-refractivity contribution is 0.110. The summed E-state index contributed by atoms with van der Waals surface area (Å²) in [5.41, 5.74) is -0.131. The number of aromatic hydroxyl groups is 1. The van der Waals surface area contributed by atoms with Gasteiger partial charge in [-0.25, -0.2) is 0 Å². The first-order valence-electron chi connectivity index (χ1n) is 4.87. The second-order valence-electron chi connectivity index (χ2n) is 3.98. The summed E-state index contributed by atoms with van der Waals surface area (Å²) in [6, 6.07) is 6.94. The lowest BCUT2D eigenvalue weighted by Gasteiger charge is -2.24. The molecule has 1 aliphatic heterocycles. The van der Waals surface area contributed by atoms with E-state index in [2.05, 4.69) is 12.2 Å². The van der Waals surface area contributed by atoms with Crippen LogP contribution < -0.4 is 10.1 Å². The van der Waals surface area contributed by atoms with Crippen molar-refractivity contribution in [3.8, 4) is 11.5 Å². The molecular weight excluding hydrogens is 178 g/mol. The van der Waals surface area contributed by atoms with E-state index in [0.717, 1.165) is 25.3 Å². The molecule has 1 aliphatic rings. The van der Waals surface area contributed by atoms with Gasteiger partial charge in [0.25, 0.3) is 0 Å². The molecule has 2 N–H and O–H groups in total. The minimum absolute atomic E-state index is 0.131. The molecule has 0 spiro atoms. The monoisotopic (exact) mass is 193 g/mol. The van der Waals surface area contributed by atoms with Crippen molar-refractivity contribution >= 4 is 0 Å². The Bertz CT molecular complexity index is 319. The minimum Gasteiger partial charge on any atom is -0.508 e. The molecule has 1 unspecified atom stereocenters. The molecule has 76 valence electrons. The van der Waals surface area contributed by atoms with E-state index in [1.807, 2.05) is 6.07 Å². The first-order valence-corrected chi connectivity index (χ1v) is 4.87. The number of benzene rings is 1. The summed E-state index contributed by atoms with van der Waals surface area (Å²) >= 11 is 0. The van der Waals surface area contributed by atoms with Crippen molar-refractivity contribution in [1.82, 2.24) is 5.32 Å². The first-order chi connectivity index (χ1) is 6.68. The summed E-state index contributed by atoms with van der Waals surface area (Å²) in [7, 11) is 0. The van der Waals surface area contributed by atoms with Crippen LogP contribution >= 0.6 is 0 Å². The zero-order chi connectivity index (χ0) is 10.0. The Morgan fingerprint density at radius 1 is 1.50 bits per heavy atom. The Labute approximate surface area is 83.7 Å². The van der Waals surface area contributed by atoms with Crippen LogP contribution in [0, 0.1) is 0 Å². The highest BCUT2D eigenvalue weighted by Crippen LogP contribution is 2.25. The quantitative estimate of drug-likeness (QED) is 0.748. The van der Waals surface area contributed by atoms with Crippen LogP contribution in [0.4, 0.5) is 0 Å². The number of hydrogen-bond acceptors (Lipinski definition) is 3. The van der Waals surface area contributed by atoms with Gasteiger partial charge in [-0.1, -0.05) is 6.07 Å². The molecule has 1 fully saturated rings. The van der Waals surface area contributed by atoms with Gasteiger partial charge in [-0.2, -0.15) is 0 Å². The Morgan fingerprint density at radius 3 is 3.00 bits per heavy atom. The van der Waals surface area contributed by atoms with Gasteiger partial charge < -0.3 is 15.2 Å². The van der Waals surface area contributed by atoms with Crippen molar-refractivity contribution in [2.75, 3.05) is 13.1 Å². The van der Waals surface area contributed by atoms with Crippen LogP contribution in [0.3, 0.4) is 0 Å². The molecule has 3 nitrogen and oxygen atoms in total. The third-order valence-corrected chi connectivity index (χ3v) is 2.51. The Morgan fingerprint density at radius 2 is 2.36 bits per heavy atom. The van der Waals surface area contributed by atoms with Crippen LogP contribution in [0.25, 0.3) is 0 Å². The summed E-state index contributed by atoms with van der Waals surface area (Å²) in [6.07, 6.45) is 1.00. The van der Waals surface area contributed by atoms with Gasteiger partial charge >= 0.3 is 0 Å². The van der Waals surface area contributed by atoms with E-state index in [-0.39, 0.29) is 11.4 Å². The summed E-state index contributed by atoms with van der Waals surface area (Å²) in [6.45, 7) is 3.94. The molecule has 0 saturated carbocycles. The van der Waals surface area contributed by atoms with Gasteiger partial charge in [0.05, 0.1) is 0 Å². The zero-order valence-electron chi connectivity index (χ0n) is 8.29. The Kier molecular flexibility index (Phi) is 2.33. The summed E-state index contributed by atoms with van der Waals surface area (Å²) in [4.78, 5) is 0. The molecule has 3 heteroatoms. The van der Waals surface area contributed by atoms with Gasteiger partial charge in [0.15, 0.2) is 0 Å². The molecule has 0 bridgehead atoms. The molecule has 14 heavy (non-hydrogen) atoms. The molecular formula is C11H15NO2. The highest BCUT2D eigenvalue weighted by molar-refractivity contribution is 5.32. The number of ether oxygens (including phenoxy) is 1. The van der Waals surface area contributed by atoms with Crippen molar-refractivity contribution in [3.05, 3.63) is 24.3 Å². The lowest BCUT2D eigenvalue weighted by Crippen LogP contribution is -2.34. The largest absolute Gasteiger partial charge is 0.508 e. The molecule has 0 aromatic heterocycles. The average molecular weight is 193 g/mol. The molecule has 1 heterocycles. The SMILES string of the molecule is CC1(Oc2cccc(O)c2)CCNC1. The van der Waals surface area contributed by atoms with Gasteiger partial charge in [-0.15, -0.1) is 0 Å². The topological polar surface area (TPSA) is 41.5 Å².